The third-order valence-electron chi connectivity index (χ3n) is 6.00. The first-order valence-corrected chi connectivity index (χ1v) is 11.3. The molecule has 2 atom stereocenters. The molecule has 0 amide bonds. The zero-order chi connectivity index (χ0) is 23.5. The van der Waals surface area contributed by atoms with Crippen LogP contribution in [0.15, 0.2) is 40.5 Å². The summed E-state index contributed by atoms with van der Waals surface area (Å²) in [4.78, 5) is 13.8. The van der Waals surface area contributed by atoms with E-state index >= 15 is 0 Å². The van der Waals surface area contributed by atoms with E-state index in [1.807, 2.05) is 32.9 Å². The molecular weight excluding hydrogens is 422 g/mol. The summed E-state index contributed by atoms with van der Waals surface area (Å²) in [7, 11) is 0. The minimum atomic E-state index is -0.683. The maximum absolute atomic E-state index is 13.8. The van der Waals surface area contributed by atoms with Crippen molar-refractivity contribution in [2.45, 2.75) is 52.2 Å². The molecule has 0 radical (unpaired) electrons. The zero-order valence-corrected chi connectivity index (χ0v) is 19.2. The quantitative estimate of drug-likeness (QED) is 0.688. The van der Waals surface area contributed by atoms with Crippen LogP contribution in [0, 0.1) is 18.3 Å². The molecule has 33 heavy (non-hydrogen) atoms. The van der Waals surface area contributed by atoms with Gasteiger partial charge in [-0.1, -0.05) is 6.07 Å². The van der Waals surface area contributed by atoms with E-state index in [-0.39, 0.29) is 23.1 Å². The van der Waals surface area contributed by atoms with E-state index < -0.39 is 5.92 Å². The van der Waals surface area contributed by atoms with Gasteiger partial charge in [0.15, 0.2) is 11.5 Å². The topological polar surface area (TPSA) is 109 Å². The van der Waals surface area contributed by atoms with Crippen LogP contribution in [0.4, 0.5) is 0 Å². The Morgan fingerprint density at radius 2 is 1.97 bits per heavy atom. The molecule has 4 rings (SSSR count). The minimum Gasteiger partial charge on any atom is -0.490 e. The Balaban J connectivity index is 1.87. The monoisotopic (exact) mass is 451 g/mol. The molecule has 2 aliphatic rings. The van der Waals surface area contributed by atoms with E-state index in [2.05, 4.69) is 6.07 Å². The lowest BCUT2D eigenvalue weighted by atomic mass is 9.83. The second-order valence-electron chi connectivity index (χ2n) is 8.11. The van der Waals surface area contributed by atoms with Crippen LogP contribution < -0.4 is 25.5 Å². The molecule has 0 saturated carbocycles. The second kappa shape index (κ2) is 9.59. The van der Waals surface area contributed by atoms with E-state index in [0.29, 0.717) is 54.7 Å². The van der Waals surface area contributed by atoms with Crippen LogP contribution in [0.3, 0.4) is 0 Å². The predicted octanol–water partition coefficient (Wildman–Crippen LogP) is 3.35. The van der Waals surface area contributed by atoms with Gasteiger partial charge in [0, 0.05) is 18.4 Å². The lowest BCUT2D eigenvalue weighted by molar-refractivity contribution is 0.0955. The number of nitrogens with two attached hydrogens (primary N) is 1. The molecule has 0 spiro atoms. The molecule has 8 heteroatoms. The first-order valence-electron chi connectivity index (χ1n) is 11.3. The number of ether oxygens (including phenoxy) is 4. The molecule has 3 heterocycles. The highest BCUT2D eigenvalue weighted by Crippen LogP contribution is 2.43. The third kappa shape index (κ3) is 4.29. The molecule has 1 aromatic heterocycles. The van der Waals surface area contributed by atoms with E-state index in [9.17, 15) is 10.1 Å². The smallest absolute Gasteiger partial charge is 0.258 e. The van der Waals surface area contributed by atoms with Gasteiger partial charge in [-0.05, 0) is 51.3 Å². The SMILES string of the molecule is CCOc1ccc([C@@H]2C(C#N)=C(N)Oc3cc(C)n(C[C@H]4CCCO4)c(=O)c32)cc1OCC. The lowest BCUT2D eigenvalue weighted by Gasteiger charge is -2.28. The molecular formula is C25H29N3O5. The van der Waals surface area contributed by atoms with Crippen LogP contribution in [0.1, 0.15) is 49.4 Å². The summed E-state index contributed by atoms with van der Waals surface area (Å²) >= 11 is 0. The number of allylic oxidation sites excluding steroid dienone is 1. The van der Waals surface area contributed by atoms with E-state index in [1.165, 1.54) is 0 Å². The van der Waals surface area contributed by atoms with Gasteiger partial charge in [0.25, 0.3) is 5.56 Å². The fraction of sp³-hybridized carbons (Fsp3) is 0.440. The minimum absolute atomic E-state index is 0.00230. The molecule has 0 bridgehead atoms. The van der Waals surface area contributed by atoms with Crippen LogP contribution >= 0.6 is 0 Å². The molecule has 0 unspecified atom stereocenters. The van der Waals surface area contributed by atoms with Crippen molar-refractivity contribution < 1.29 is 18.9 Å². The third-order valence-corrected chi connectivity index (χ3v) is 6.00. The fourth-order valence-electron chi connectivity index (χ4n) is 4.49. The highest BCUT2D eigenvalue weighted by molar-refractivity contribution is 5.57. The molecule has 2 aliphatic heterocycles. The van der Waals surface area contributed by atoms with Gasteiger partial charge < -0.3 is 29.2 Å². The maximum Gasteiger partial charge on any atom is 0.258 e. The number of nitrogens with zero attached hydrogens (tertiary/aromatic N) is 2. The summed E-state index contributed by atoms with van der Waals surface area (Å²) < 4.78 is 24.7. The lowest BCUT2D eigenvalue weighted by Crippen LogP contribution is -2.35. The number of aromatic nitrogens is 1. The number of pyridine rings is 1. The van der Waals surface area contributed by atoms with E-state index in [1.54, 1.807) is 16.7 Å². The van der Waals surface area contributed by atoms with Crippen molar-refractivity contribution in [2.75, 3.05) is 19.8 Å². The van der Waals surface area contributed by atoms with Gasteiger partial charge in [0.1, 0.15) is 17.4 Å². The van der Waals surface area contributed by atoms with Gasteiger partial charge in [0.2, 0.25) is 5.88 Å². The van der Waals surface area contributed by atoms with E-state index in [0.717, 1.165) is 18.5 Å². The van der Waals surface area contributed by atoms with Gasteiger partial charge >= 0.3 is 0 Å². The summed E-state index contributed by atoms with van der Waals surface area (Å²) in [6.45, 7) is 7.75. The average Bonchev–Trinajstić information content (AvgIpc) is 3.30. The number of benzene rings is 1. The summed E-state index contributed by atoms with van der Waals surface area (Å²) in [5, 5.41) is 9.92. The maximum atomic E-state index is 13.8. The average molecular weight is 452 g/mol. The normalized spacial score (nSPS) is 19.6. The number of nitriles is 1. The Hall–Kier alpha value is -3.44. The Bertz CT molecular complexity index is 1170. The number of hydrogen-bond acceptors (Lipinski definition) is 7. The van der Waals surface area contributed by atoms with Crippen molar-refractivity contribution in [3.05, 3.63) is 62.9 Å². The van der Waals surface area contributed by atoms with Gasteiger partial charge in [-0.15, -0.1) is 0 Å². The van der Waals surface area contributed by atoms with Gasteiger partial charge in [-0.25, -0.2) is 0 Å². The molecule has 8 nitrogen and oxygen atoms in total. The number of aryl methyl sites for hydroxylation is 1. The Morgan fingerprint density at radius 3 is 2.64 bits per heavy atom. The van der Waals surface area contributed by atoms with Crippen molar-refractivity contribution in [1.29, 1.82) is 5.26 Å². The summed E-state index contributed by atoms with van der Waals surface area (Å²) in [5.41, 5.74) is 7.95. The van der Waals surface area contributed by atoms with E-state index in [4.69, 9.17) is 24.7 Å². The van der Waals surface area contributed by atoms with Crippen LogP contribution in [0.25, 0.3) is 0 Å². The number of rotatable bonds is 7. The van der Waals surface area contributed by atoms with Crippen LogP contribution in [0.2, 0.25) is 0 Å². The van der Waals surface area contributed by atoms with Crippen molar-refractivity contribution in [2.24, 2.45) is 5.73 Å². The van der Waals surface area contributed by atoms with Gasteiger partial charge in [0.05, 0.1) is 37.3 Å². The standard InChI is InChI=1S/C25H29N3O5/c1-4-30-19-9-8-16(12-20(19)31-5-2)22-18(13-26)24(27)33-21-11-15(3)28(25(29)23(21)22)14-17-7-6-10-32-17/h8-9,11-12,17,22H,4-7,10,14,27H2,1-3H3/t17-,22-/m1/s1. The number of fused-ring (bicyclic) bond motifs is 1. The molecule has 2 aromatic rings. The van der Waals surface area contributed by atoms with Gasteiger partial charge in [-0.2, -0.15) is 5.26 Å². The molecule has 0 aliphatic carbocycles. The molecule has 1 fully saturated rings. The fourth-order valence-corrected chi connectivity index (χ4v) is 4.49. The van der Waals surface area contributed by atoms with Crippen LogP contribution in [-0.2, 0) is 11.3 Å². The molecule has 174 valence electrons. The van der Waals surface area contributed by atoms with Crippen molar-refractivity contribution in [1.82, 2.24) is 4.57 Å². The number of hydrogen-bond donors (Lipinski definition) is 1. The summed E-state index contributed by atoms with van der Waals surface area (Å²) in [6.07, 6.45) is 1.89. The second-order valence-corrected chi connectivity index (χ2v) is 8.11. The summed E-state index contributed by atoms with van der Waals surface area (Å²) in [5.74, 6) is 0.836. The largest absolute Gasteiger partial charge is 0.490 e. The molecule has 1 aromatic carbocycles. The van der Waals surface area contributed by atoms with Crippen molar-refractivity contribution in [3.8, 4) is 23.3 Å². The van der Waals surface area contributed by atoms with Crippen molar-refractivity contribution in [3.63, 3.8) is 0 Å². The van der Waals surface area contributed by atoms with Crippen LogP contribution in [0.5, 0.6) is 17.2 Å². The molecule has 1 saturated heterocycles. The van der Waals surface area contributed by atoms with Crippen LogP contribution in [-0.4, -0.2) is 30.5 Å². The Kier molecular flexibility index (Phi) is 6.61. The Labute approximate surface area is 193 Å². The molecule has 2 N–H and O–H groups in total. The first kappa shape index (κ1) is 22.7. The van der Waals surface area contributed by atoms with Crippen molar-refractivity contribution >= 4 is 0 Å². The van der Waals surface area contributed by atoms with Gasteiger partial charge in [-0.3, -0.25) is 4.79 Å². The summed E-state index contributed by atoms with van der Waals surface area (Å²) in [6, 6.07) is 9.39. The first-order chi connectivity index (χ1) is 16.0. The highest BCUT2D eigenvalue weighted by Gasteiger charge is 2.35. The Morgan fingerprint density at radius 1 is 1.21 bits per heavy atom. The zero-order valence-electron chi connectivity index (χ0n) is 19.2. The highest BCUT2D eigenvalue weighted by atomic mass is 16.5. The predicted molar refractivity (Wildman–Crippen MR) is 122 cm³/mol.